The van der Waals surface area contributed by atoms with E-state index < -0.39 is 0 Å². The predicted octanol–water partition coefficient (Wildman–Crippen LogP) is 2.18. The number of hydrogen-bond donors (Lipinski definition) is 3. The molecule has 1 heterocycles. The minimum absolute atomic E-state index is 0.0833. The Bertz CT molecular complexity index is 704. The fraction of sp³-hybridized carbons (Fsp3) is 0.294. The van der Waals surface area contributed by atoms with E-state index in [9.17, 15) is 9.59 Å². The smallest absolute Gasteiger partial charge is 0.239 e. The number of anilines is 1. The van der Waals surface area contributed by atoms with Gasteiger partial charge in [-0.3, -0.25) is 9.59 Å². The standard InChI is InChI=1S/C17H20ClN3O4/c1-24-15-5-4-12(18)9-14(15)19-7-6-16(22)21-11-17(23)20-10-13-3-2-8-25-13/h2-5,8-9,19H,6-7,10-11H2,1H3,(H,20,23)(H,21,22). The Morgan fingerprint density at radius 1 is 1.20 bits per heavy atom. The summed E-state index contributed by atoms with van der Waals surface area (Å²) >= 11 is 5.94. The van der Waals surface area contributed by atoms with Crippen molar-refractivity contribution in [2.75, 3.05) is 25.5 Å². The normalized spacial score (nSPS) is 10.2. The number of halogens is 1. The summed E-state index contributed by atoms with van der Waals surface area (Å²) in [6, 6.07) is 8.69. The van der Waals surface area contributed by atoms with E-state index >= 15 is 0 Å². The minimum Gasteiger partial charge on any atom is -0.495 e. The second-order valence-electron chi connectivity index (χ2n) is 5.15. The van der Waals surface area contributed by atoms with Crippen molar-refractivity contribution in [1.29, 1.82) is 0 Å². The molecule has 2 rings (SSSR count). The average Bonchev–Trinajstić information content (AvgIpc) is 3.12. The van der Waals surface area contributed by atoms with Crippen molar-refractivity contribution < 1.29 is 18.7 Å². The van der Waals surface area contributed by atoms with Gasteiger partial charge in [0.15, 0.2) is 0 Å². The molecular weight excluding hydrogens is 346 g/mol. The Labute approximate surface area is 150 Å². The van der Waals surface area contributed by atoms with Crippen molar-refractivity contribution in [3.8, 4) is 5.75 Å². The first kappa shape index (κ1) is 18.7. The molecule has 134 valence electrons. The summed E-state index contributed by atoms with van der Waals surface area (Å²) < 4.78 is 10.3. The zero-order valence-corrected chi connectivity index (χ0v) is 14.6. The zero-order valence-electron chi connectivity index (χ0n) is 13.8. The van der Waals surface area contributed by atoms with Gasteiger partial charge in [0.1, 0.15) is 11.5 Å². The second-order valence-corrected chi connectivity index (χ2v) is 5.59. The molecule has 0 saturated heterocycles. The fourth-order valence-electron chi connectivity index (χ4n) is 2.06. The summed E-state index contributed by atoms with van der Waals surface area (Å²) in [7, 11) is 1.56. The first-order valence-corrected chi connectivity index (χ1v) is 8.09. The Hall–Kier alpha value is -2.67. The van der Waals surface area contributed by atoms with Gasteiger partial charge in [0.25, 0.3) is 0 Å². The maximum Gasteiger partial charge on any atom is 0.239 e. The molecule has 1 aromatic carbocycles. The van der Waals surface area contributed by atoms with Crippen LogP contribution in [0.3, 0.4) is 0 Å². The van der Waals surface area contributed by atoms with Crippen LogP contribution in [0.15, 0.2) is 41.0 Å². The van der Waals surface area contributed by atoms with Gasteiger partial charge in [-0.15, -0.1) is 0 Å². The highest BCUT2D eigenvalue weighted by Crippen LogP contribution is 2.27. The van der Waals surface area contributed by atoms with E-state index in [1.807, 2.05) is 0 Å². The molecule has 0 atom stereocenters. The lowest BCUT2D eigenvalue weighted by Gasteiger charge is -2.11. The molecule has 0 unspecified atom stereocenters. The number of benzene rings is 1. The maximum atomic E-state index is 11.8. The molecule has 1 aromatic heterocycles. The molecule has 7 nitrogen and oxygen atoms in total. The van der Waals surface area contributed by atoms with Crippen LogP contribution < -0.4 is 20.7 Å². The minimum atomic E-state index is -0.283. The first-order valence-electron chi connectivity index (χ1n) is 7.71. The van der Waals surface area contributed by atoms with E-state index in [-0.39, 0.29) is 31.3 Å². The number of carbonyl (C=O) groups is 2. The van der Waals surface area contributed by atoms with Gasteiger partial charge >= 0.3 is 0 Å². The Morgan fingerprint density at radius 3 is 2.76 bits per heavy atom. The van der Waals surface area contributed by atoms with Crippen LogP contribution in [-0.2, 0) is 16.1 Å². The Balaban J connectivity index is 1.65. The molecule has 8 heteroatoms. The number of amides is 2. The highest BCUT2D eigenvalue weighted by atomic mass is 35.5. The van der Waals surface area contributed by atoms with Crippen molar-refractivity contribution in [2.24, 2.45) is 0 Å². The summed E-state index contributed by atoms with van der Waals surface area (Å²) in [4.78, 5) is 23.4. The van der Waals surface area contributed by atoms with Gasteiger partial charge in [-0.05, 0) is 30.3 Å². The van der Waals surface area contributed by atoms with E-state index in [0.29, 0.717) is 28.8 Å². The Kier molecular flexibility index (Phi) is 7.16. The van der Waals surface area contributed by atoms with Crippen LogP contribution in [0.4, 0.5) is 5.69 Å². The van der Waals surface area contributed by atoms with E-state index in [0.717, 1.165) is 0 Å². The Morgan fingerprint density at radius 2 is 2.04 bits per heavy atom. The lowest BCUT2D eigenvalue weighted by Crippen LogP contribution is -2.37. The highest BCUT2D eigenvalue weighted by molar-refractivity contribution is 6.30. The first-order chi connectivity index (χ1) is 12.1. The van der Waals surface area contributed by atoms with Gasteiger partial charge in [-0.1, -0.05) is 11.6 Å². The summed E-state index contributed by atoms with van der Waals surface area (Å²) in [5.41, 5.74) is 0.707. The average molecular weight is 366 g/mol. The zero-order chi connectivity index (χ0) is 18.1. The van der Waals surface area contributed by atoms with Crippen LogP contribution >= 0.6 is 11.6 Å². The number of methoxy groups -OCH3 is 1. The molecule has 0 aliphatic heterocycles. The summed E-state index contributed by atoms with van der Waals surface area (Å²) in [5, 5.41) is 8.86. The molecule has 0 saturated carbocycles. The van der Waals surface area contributed by atoms with Crippen LogP contribution in [0.5, 0.6) is 5.75 Å². The molecule has 0 spiro atoms. The number of hydrogen-bond acceptors (Lipinski definition) is 5. The van der Waals surface area contributed by atoms with Crippen molar-refractivity contribution in [3.05, 3.63) is 47.4 Å². The van der Waals surface area contributed by atoms with Gasteiger partial charge < -0.3 is 25.1 Å². The topological polar surface area (TPSA) is 92.6 Å². The van der Waals surface area contributed by atoms with Crippen molar-refractivity contribution in [1.82, 2.24) is 10.6 Å². The molecule has 0 aliphatic carbocycles. The van der Waals surface area contributed by atoms with Crippen LogP contribution in [0.25, 0.3) is 0 Å². The molecule has 0 radical (unpaired) electrons. The van der Waals surface area contributed by atoms with Gasteiger partial charge in [0.2, 0.25) is 11.8 Å². The molecule has 0 bridgehead atoms. The maximum absolute atomic E-state index is 11.8. The van der Waals surface area contributed by atoms with Crippen molar-refractivity contribution in [3.63, 3.8) is 0 Å². The monoisotopic (exact) mass is 365 g/mol. The third-order valence-electron chi connectivity index (χ3n) is 3.32. The third-order valence-corrected chi connectivity index (χ3v) is 3.55. The van der Waals surface area contributed by atoms with Crippen molar-refractivity contribution >= 4 is 29.1 Å². The molecule has 0 aliphatic rings. The SMILES string of the molecule is COc1ccc(Cl)cc1NCCC(=O)NCC(=O)NCc1ccco1. The van der Waals surface area contributed by atoms with Crippen LogP contribution in [0.1, 0.15) is 12.2 Å². The lowest BCUT2D eigenvalue weighted by molar-refractivity contribution is -0.126. The summed E-state index contributed by atoms with van der Waals surface area (Å²) in [6.45, 7) is 0.592. The summed E-state index contributed by atoms with van der Waals surface area (Å²) in [6.07, 6.45) is 1.74. The summed E-state index contributed by atoms with van der Waals surface area (Å²) in [5.74, 6) is 0.775. The highest BCUT2D eigenvalue weighted by Gasteiger charge is 2.07. The number of rotatable bonds is 9. The van der Waals surface area contributed by atoms with Gasteiger partial charge in [0.05, 0.1) is 32.1 Å². The largest absolute Gasteiger partial charge is 0.495 e. The molecule has 2 amide bonds. The molecule has 25 heavy (non-hydrogen) atoms. The van der Waals surface area contributed by atoms with Gasteiger partial charge in [-0.2, -0.15) is 0 Å². The van der Waals surface area contributed by atoms with Crippen LogP contribution in [0.2, 0.25) is 5.02 Å². The predicted molar refractivity (Wildman–Crippen MR) is 94.7 cm³/mol. The van der Waals surface area contributed by atoms with Crippen LogP contribution in [-0.4, -0.2) is 32.0 Å². The van der Waals surface area contributed by atoms with E-state index in [2.05, 4.69) is 16.0 Å². The fourth-order valence-corrected chi connectivity index (χ4v) is 2.23. The second kappa shape index (κ2) is 9.58. The van der Waals surface area contributed by atoms with Gasteiger partial charge in [0, 0.05) is 18.0 Å². The molecular formula is C17H20ClN3O4. The lowest BCUT2D eigenvalue weighted by atomic mass is 10.2. The van der Waals surface area contributed by atoms with E-state index in [1.165, 1.54) is 6.26 Å². The number of ether oxygens (including phenoxy) is 1. The van der Waals surface area contributed by atoms with Crippen molar-refractivity contribution in [2.45, 2.75) is 13.0 Å². The third kappa shape index (κ3) is 6.39. The number of furan rings is 1. The van der Waals surface area contributed by atoms with Crippen LogP contribution in [0, 0.1) is 0 Å². The van der Waals surface area contributed by atoms with E-state index in [4.69, 9.17) is 20.8 Å². The quantitative estimate of drug-likeness (QED) is 0.633. The molecule has 3 N–H and O–H groups in total. The van der Waals surface area contributed by atoms with Gasteiger partial charge in [-0.25, -0.2) is 0 Å². The number of nitrogens with one attached hydrogen (secondary N) is 3. The molecule has 0 fully saturated rings. The number of carbonyl (C=O) groups excluding carboxylic acids is 2. The molecule has 2 aromatic rings. The van der Waals surface area contributed by atoms with E-state index in [1.54, 1.807) is 37.4 Å².